The quantitative estimate of drug-likeness (QED) is 0.633. The van der Waals surface area contributed by atoms with E-state index in [0.29, 0.717) is 12.0 Å². The molecule has 1 heterocycles. The fourth-order valence-corrected chi connectivity index (χ4v) is 3.37. The zero-order chi connectivity index (χ0) is 13.8. The van der Waals surface area contributed by atoms with E-state index in [4.69, 9.17) is 5.84 Å². The van der Waals surface area contributed by atoms with Crippen molar-refractivity contribution in [2.24, 2.45) is 30.6 Å². The monoisotopic (exact) mass is 264 g/mol. The van der Waals surface area contributed by atoms with Crippen LogP contribution in [0.5, 0.6) is 0 Å². The number of aryl methyl sites for hydroxylation is 1. The second-order valence-corrected chi connectivity index (χ2v) is 6.35. The first-order chi connectivity index (χ1) is 9.11. The summed E-state index contributed by atoms with van der Waals surface area (Å²) in [5.74, 6) is 9.31. The van der Waals surface area contributed by atoms with Crippen molar-refractivity contribution < 1.29 is 0 Å². The molecule has 2 rings (SSSR count). The van der Waals surface area contributed by atoms with Crippen molar-refractivity contribution in [2.45, 2.75) is 52.0 Å². The molecule has 0 spiro atoms. The molecule has 0 radical (unpaired) electrons. The van der Waals surface area contributed by atoms with Crippen molar-refractivity contribution in [1.82, 2.24) is 15.0 Å². The number of nitrogens with one attached hydrogen (secondary N) is 1. The molecule has 1 aliphatic carbocycles. The summed E-state index contributed by atoms with van der Waals surface area (Å²) in [6.07, 6.45) is 10.1. The van der Waals surface area contributed by atoms with Gasteiger partial charge in [-0.3, -0.25) is 11.3 Å². The molecular weight excluding hydrogens is 236 g/mol. The lowest BCUT2D eigenvalue weighted by Gasteiger charge is -2.35. The minimum atomic E-state index is 0.356. The predicted octanol–water partition coefficient (Wildman–Crippen LogP) is 2.26. The smallest absolute Gasteiger partial charge is 0.109 e. The Bertz CT molecular complexity index is 377. The van der Waals surface area contributed by atoms with Gasteiger partial charge in [-0.2, -0.15) is 0 Å². The molecule has 0 bridgehead atoms. The van der Waals surface area contributed by atoms with Crippen molar-refractivity contribution in [3.05, 3.63) is 18.2 Å². The summed E-state index contributed by atoms with van der Waals surface area (Å²) in [4.78, 5) is 4.41. The summed E-state index contributed by atoms with van der Waals surface area (Å²) in [6, 6.07) is 0.356. The highest BCUT2D eigenvalue weighted by Crippen LogP contribution is 2.35. The molecule has 3 N–H and O–H groups in total. The molecule has 1 unspecified atom stereocenters. The van der Waals surface area contributed by atoms with Crippen LogP contribution in [0.4, 0.5) is 0 Å². The van der Waals surface area contributed by atoms with Crippen LogP contribution in [0.15, 0.2) is 12.4 Å². The molecule has 19 heavy (non-hydrogen) atoms. The van der Waals surface area contributed by atoms with E-state index in [2.05, 4.69) is 28.8 Å². The molecule has 1 fully saturated rings. The van der Waals surface area contributed by atoms with Gasteiger partial charge in [-0.25, -0.2) is 4.98 Å². The lowest BCUT2D eigenvalue weighted by Crippen LogP contribution is -2.44. The van der Waals surface area contributed by atoms with E-state index < -0.39 is 0 Å². The van der Waals surface area contributed by atoms with Crippen molar-refractivity contribution in [3.8, 4) is 0 Å². The molecule has 1 aromatic rings. The van der Waals surface area contributed by atoms with Gasteiger partial charge in [0.05, 0.1) is 0 Å². The first kappa shape index (κ1) is 14.5. The second-order valence-electron chi connectivity index (χ2n) is 6.35. The second kappa shape index (κ2) is 6.53. The van der Waals surface area contributed by atoms with Gasteiger partial charge in [0.15, 0.2) is 0 Å². The molecule has 4 heteroatoms. The summed E-state index contributed by atoms with van der Waals surface area (Å²) in [6.45, 7) is 4.69. The molecule has 0 aliphatic heterocycles. The largest absolute Gasteiger partial charge is 0.338 e. The van der Waals surface area contributed by atoms with Crippen LogP contribution >= 0.6 is 0 Å². The first-order valence-corrected chi connectivity index (χ1v) is 7.54. The number of hydrazine groups is 1. The average Bonchev–Trinajstić information content (AvgIpc) is 2.81. The van der Waals surface area contributed by atoms with Crippen LogP contribution in [0.1, 0.15) is 45.4 Å². The van der Waals surface area contributed by atoms with E-state index in [0.717, 1.165) is 24.1 Å². The maximum Gasteiger partial charge on any atom is 0.109 e. The zero-order valence-electron chi connectivity index (χ0n) is 12.5. The van der Waals surface area contributed by atoms with E-state index in [1.807, 2.05) is 19.4 Å². The highest BCUT2D eigenvalue weighted by atomic mass is 15.2. The van der Waals surface area contributed by atoms with Crippen LogP contribution < -0.4 is 11.3 Å². The Morgan fingerprint density at radius 1 is 1.32 bits per heavy atom. The molecular formula is C15H28N4. The van der Waals surface area contributed by atoms with E-state index in [9.17, 15) is 0 Å². The molecule has 1 saturated carbocycles. The summed E-state index contributed by atoms with van der Waals surface area (Å²) in [5, 5.41) is 0. The highest BCUT2D eigenvalue weighted by Gasteiger charge is 2.28. The standard InChI is InChI=1S/C15H28N4/c1-11(2)12-4-6-13(7-5-12)14(18-16)10-15-17-8-9-19(15)3/h8-9,11-14,18H,4-7,10,16H2,1-3H3. The van der Waals surface area contributed by atoms with Crippen LogP contribution in [0.25, 0.3) is 0 Å². The minimum Gasteiger partial charge on any atom is -0.338 e. The Kier molecular flexibility index (Phi) is 4.99. The molecule has 108 valence electrons. The Labute approximate surface area is 116 Å². The number of nitrogens with two attached hydrogens (primary N) is 1. The number of nitrogens with zero attached hydrogens (tertiary/aromatic N) is 2. The SMILES string of the molecule is CC(C)C1CCC(C(Cc2nccn2C)NN)CC1. The summed E-state index contributed by atoms with van der Waals surface area (Å²) >= 11 is 0. The van der Waals surface area contributed by atoms with Gasteiger partial charge in [-0.15, -0.1) is 0 Å². The summed E-state index contributed by atoms with van der Waals surface area (Å²) < 4.78 is 2.09. The molecule has 0 amide bonds. The lowest BCUT2D eigenvalue weighted by atomic mass is 9.74. The summed E-state index contributed by atoms with van der Waals surface area (Å²) in [7, 11) is 2.05. The molecule has 1 atom stereocenters. The third-order valence-electron chi connectivity index (χ3n) is 4.87. The Hall–Kier alpha value is -0.870. The van der Waals surface area contributed by atoms with Gasteiger partial charge in [-0.1, -0.05) is 13.8 Å². The number of imidazole rings is 1. The van der Waals surface area contributed by atoms with Gasteiger partial charge in [0.1, 0.15) is 5.82 Å². The zero-order valence-corrected chi connectivity index (χ0v) is 12.5. The topological polar surface area (TPSA) is 55.9 Å². The van der Waals surface area contributed by atoms with Gasteiger partial charge in [0, 0.05) is 31.9 Å². The predicted molar refractivity (Wildman–Crippen MR) is 78.3 cm³/mol. The fraction of sp³-hybridized carbons (Fsp3) is 0.800. The van der Waals surface area contributed by atoms with E-state index in [1.165, 1.54) is 25.7 Å². The Morgan fingerprint density at radius 2 is 1.95 bits per heavy atom. The number of hydrogen-bond acceptors (Lipinski definition) is 3. The average molecular weight is 264 g/mol. The van der Waals surface area contributed by atoms with E-state index in [-0.39, 0.29) is 0 Å². The third kappa shape index (κ3) is 3.57. The third-order valence-corrected chi connectivity index (χ3v) is 4.87. The molecule has 1 aromatic heterocycles. The number of rotatable bonds is 5. The summed E-state index contributed by atoms with van der Waals surface area (Å²) in [5.41, 5.74) is 3.03. The normalized spacial score (nSPS) is 25.7. The lowest BCUT2D eigenvalue weighted by molar-refractivity contribution is 0.187. The molecule has 1 aliphatic rings. The van der Waals surface area contributed by atoms with Gasteiger partial charge in [0.2, 0.25) is 0 Å². The van der Waals surface area contributed by atoms with Crippen molar-refractivity contribution >= 4 is 0 Å². The van der Waals surface area contributed by atoms with Crippen LogP contribution in [0.3, 0.4) is 0 Å². The van der Waals surface area contributed by atoms with Gasteiger partial charge >= 0.3 is 0 Å². The Balaban J connectivity index is 1.91. The number of aromatic nitrogens is 2. The van der Waals surface area contributed by atoms with Crippen molar-refractivity contribution in [2.75, 3.05) is 0 Å². The van der Waals surface area contributed by atoms with Crippen LogP contribution in [-0.2, 0) is 13.5 Å². The van der Waals surface area contributed by atoms with Crippen LogP contribution in [-0.4, -0.2) is 15.6 Å². The molecule has 0 aromatic carbocycles. The molecule has 0 saturated heterocycles. The maximum atomic E-state index is 5.78. The van der Waals surface area contributed by atoms with Crippen molar-refractivity contribution in [3.63, 3.8) is 0 Å². The van der Waals surface area contributed by atoms with Crippen LogP contribution in [0, 0.1) is 17.8 Å². The highest BCUT2D eigenvalue weighted by molar-refractivity contribution is 4.96. The number of hydrogen-bond donors (Lipinski definition) is 2. The van der Waals surface area contributed by atoms with E-state index >= 15 is 0 Å². The molecule has 4 nitrogen and oxygen atoms in total. The van der Waals surface area contributed by atoms with Gasteiger partial charge in [-0.05, 0) is 43.4 Å². The van der Waals surface area contributed by atoms with Crippen molar-refractivity contribution in [1.29, 1.82) is 0 Å². The Morgan fingerprint density at radius 3 is 2.42 bits per heavy atom. The first-order valence-electron chi connectivity index (χ1n) is 7.54. The van der Waals surface area contributed by atoms with Gasteiger partial charge < -0.3 is 4.57 Å². The van der Waals surface area contributed by atoms with E-state index in [1.54, 1.807) is 0 Å². The van der Waals surface area contributed by atoms with Crippen LogP contribution in [0.2, 0.25) is 0 Å². The maximum absolute atomic E-state index is 5.78. The fourth-order valence-electron chi connectivity index (χ4n) is 3.37. The van der Waals surface area contributed by atoms with Gasteiger partial charge in [0.25, 0.3) is 0 Å². The minimum absolute atomic E-state index is 0.356.